The van der Waals surface area contributed by atoms with Gasteiger partial charge in [0.25, 0.3) is 0 Å². The first kappa shape index (κ1) is 16.4. The van der Waals surface area contributed by atoms with Crippen molar-refractivity contribution in [1.29, 1.82) is 0 Å². The van der Waals surface area contributed by atoms with Crippen molar-refractivity contribution < 1.29 is 0 Å². The molecule has 0 spiro atoms. The Morgan fingerprint density at radius 1 is 1.00 bits per heavy atom. The third-order valence-electron chi connectivity index (χ3n) is 0.500. The first-order chi connectivity index (χ1) is 4.65. The van der Waals surface area contributed by atoms with E-state index in [9.17, 15) is 0 Å². The monoisotopic (exact) mass is 143 g/mol. The number of allylic oxidation sites excluding steroid dienone is 1. The summed E-state index contributed by atoms with van der Waals surface area (Å²) in [5.74, 6) is 0. The fourth-order valence-electron chi connectivity index (χ4n) is 0. The van der Waals surface area contributed by atoms with Gasteiger partial charge in [0.2, 0.25) is 0 Å². The number of unbranched alkanes of at least 4 members (excludes halogenated alkanes) is 1. The Labute approximate surface area is 67.3 Å². The molecule has 0 aromatic rings. The first-order valence-electron chi connectivity index (χ1n) is 4.20. The van der Waals surface area contributed by atoms with E-state index in [0.29, 0.717) is 0 Å². The van der Waals surface area contributed by atoms with E-state index in [1.54, 1.807) is 0 Å². The van der Waals surface area contributed by atoms with E-state index in [-0.39, 0.29) is 0 Å². The summed E-state index contributed by atoms with van der Waals surface area (Å²) in [6.07, 6.45) is 2.64. The van der Waals surface area contributed by atoms with Gasteiger partial charge in [-0.05, 0) is 13.8 Å². The van der Waals surface area contributed by atoms with Gasteiger partial charge in [-0.3, -0.25) is 0 Å². The molecule has 63 valence electrons. The molecular weight excluding hydrogens is 120 g/mol. The van der Waals surface area contributed by atoms with Crippen molar-refractivity contribution in [2.45, 2.75) is 54.4 Å². The van der Waals surface area contributed by atoms with Crippen LogP contribution in [0.4, 0.5) is 0 Å². The van der Waals surface area contributed by atoms with Crippen LogP contribution in [0.1, 0.15) is 54.4 Å². The second kappa shape index (κ2) is 23.3. The molecule has 0 unspecified atom stereocenters. The van der Waals surface area contributed by atoms with Crippen LogP contribution in [0.2, 0.25) is 0 Å². The Balaban J connectivity index is -0.0000000787. The van der Waals surface area contributed by atoms with E-state index in [1.807, 2.05) is 27.7 Å². The lowest BCUT2D eigenvalue weighted by molar-refractivity contribution is 0.886. The van der Waals surface area contributed by atoms with Crippen molar-refractivity contribution in [1.82, 2.24) is 0 Å². The molecule has 0 amide bonds. The summed E-state index contributed by atoms with van der Waals surface area (Å²) in [7, 11) is 0. The summed E-state index contributed by atoms with van der Waals surface area (Å²) in [4.78, 5) is 0. The standard InChI is InChI=1S/C4H7.C4H10.C2H6/c1-4(2)3;1-3-4-2;1-2/h1H,2-3H3;3-4H2,1-2H3;1-2H3. The molecule has 0 N–H and O–H groups in total. The van der Waals surface area contributed by atoms with Crippen LogP contribution in [0.3, 0.4) is 0 Å². The molecule has 0 heterocycles. The van der Waals surface area contributed by atoms with Crippen molar-refractivity contribution in [2.75, 3.05) is 0 Å². The van der Waals surface area contributed by atoms with Crippen LogP contribution in [-0.4, -0.2) is 0 Å². The summed E-state index contributed by atoms with van der Waals surface area (Å²) in [6, 6.07) is 0. The van der Waals surface area contributed by atoms with Crippen LogP contribution >= 0.6 is 0 Å². The molecule has 0 atom stereocenters. The molecule has 0 fully saturated rings. The molecule has 0 aliphatic carbocycles. The highest BCUT2D eigenvalue weighted by Crippen LogP contribution is 1.76. The summed E-state index contributed by atoms with van der Waals surface area (Å²) in [6.45, 7) is 17.1. The lowest BCUT2D eigenvalue weighted by atomic mass is 10.4. The zero-order chi connectivity index (χ0) is 8.99. The highest BCUT2D eigenvalue weighted by molar-refractivity contribution is 4.74. The fraction of sp³-hybridized carbons (Fsp3) is 0.800. The van der Waals surface area contributed by atoms with Crippen LogP contribution in [0, 0.1) is 6.58 Å². The molecule has 10 heavy (non-hydrogen) atoms. The average molecular weight is 143 g/mol. The van der Waals surface area contributed by atoms with Gasteiger partial charge < -0.3 is 0 Å². The van der Waals surface area contributed by atoms with Gasteiger partial charge in [-0.25, -0.2) is 0 Å². The Bertz CT molecular complexity index is 38.0. The van der Waals surface area contributed by atoms with E-state index in [1.165, 1.54) is 12.8 Å². The van der Waals surface area contributed by atoms with Crippen molar-refractivity contribution in [3.63, 3.8) is 0 Å². The minimum Gasteiger partial charge on any atom is -0.0764 e. The maximum Gasteiger partial charge on any atom is -0.0439 e. The molecular formula is C10H23. The highest BCUT2D eigenvalue weighted by Gasteiger charge is 1.56. The number of hydrogen-bond acceptors (Lipinski definition) is 0. The van der Waals surface area contributed by atoms with Gasteiger partial charge in [0, 0.05) is 0 Å². The van der Waals surface area contributed by atoms with E-state index >= 15 is 0 Å². The highest BCUT2D eigenvalue weighted by atomic mass is 13.6. The molecule has 0 saturated carbocycles. The van der Waals surface area contributed by atoms with Crippen molar-refractivity contribution in [3.05, 3.63) is 12.2 Å². The van der Waals surface area contributed by atoms with E-state index in [2.05, 4.69) is 13.8 Å². The Hall–Kier alpha value is -0.260. The Kier molecular flexibility index (Phi) is 38.2. The topological polar surface area (TPSA) is 0 Å². The lowest BCUT2D eigenvalue weighted by Gasteiger charge is -1.68. The van der Waals surface area contributed by atoms with Gasteiger partial charge in [0.05, 0.1) is 0 Å². The third kappa shape index (κ3) is 642. The second-order valence-corrected chi connectivity index (χ2v) is 2.08. The van der Waals surface area contributed by atoms with Crippen LogP contribution < -0.4 is 0 Å². The van der Waals surface area contributed by atoms with Crippen molar-refractivity contribution in [2.24, 2.45) is 0 Å². The Morgan fingerprint density at radius 3 is 1.10 bits per heavy atom. The maximum atomic E-state index is 5.03. The Morgan fingerprint density at radius 2 is 1.10 bits per heavy atom. The minimum absolute atomic E-state index is 0.917. The minimum atomic E-state index is 0.917. The predicted octanol–water partition coefficient (Wildman–Crippen LogP) is 4.22. The normalized spacial score (nSPS) is 6.20. The van der Waals surface area contributed by atoms with Crippen LogP contribution in [0.15, 0.2) is 5.57 Å². The van der Waals surface area contributed by atoms with Gasteiger partial charge in [0.1, 0.15) is 0 Å². The van der Waals surface area contributed by atoms with Crippen LogP contribution in [0.5, 0.6) is 0 Å². The molecule has 0 heteroatoms. The van der Waals surface area contributed by atoms with Gasteiger partial charge in [-0.2, -0.15) is 0 Å². The summed E-state index contributed by atoms with van der Waals surface area (Å²) in [5.41, 5.74) is 0.917. The lowest BCUT2D eigenvalue weighted by Crippen LogP contribution is -1.47. The maximum absolute atomic E-state index is 5.03. The summed E-state index contributed by atoms with van der Waals surface area (Å²) >= 11 is 0. The molecule has 0 aromatic carbocycles. The first-order valence-corrected chi connectivity index (χ1v) is 4.20. The SMILES string of the molecule is CC.CCCC.[CH]=C(C)C. The fourth-order valence-corrected chi connectivity index (χ4v) is 0. The zero-order valence-electron chi connectivity index (χ0n) is 8.49. The van der Waals surface area contributed by atoms with Gasteiger partial charge in [-0.15, -0.1) is 0 Å². The molecule has 0 saturated heterocycles. The van der Waals surface area contributed by atoms with Crippen LogP contribution in [-0.2, 0) is 0 Å². The summed E-state index contributed by atoms with van der Waals surface area (Å²) in [5, 5.41) is 0. The van der Waals surface area contributed by atoms with Gasteiger partial charge in [0.15, 0.2) is 0 Å². The van der Waals surface area contributed by atoms with E-state index < -0.39 is 0 Å². The van der Waals surface area contributed by atoms with E-state index in [4.69, 9.17) is 6.58 Å². The van der Waals surface area contributed by atoms with E-state index in [0.717, 1.165) is 5.57 Å². The smallest absolute Gasteiger partial charge is 0.0439 e. The quantitative estimate of drug-likeness (QED) is 0.515. The molecule has 0 aliphatic heterocycles. The molecule has 0 rings (SSSR count). The van der Waals surface area contributed by atoms with Crippen molar-refractivity contribution >= 4 is 0 Å². The van der Waals surface area contributed by atoms with Gasteiger partial charge in [-0.1, -0.05) is 52.7 Å². The average Bonchev–Trinajstić information content (AvgIpc) is 1.91. The molecule has 1 radical (unpaired) electrons. The molecule has 0 nitrogen and oxygen atoms in total. The number of hydrogen-bond donors (Lipinski definition) is 0. The second-order valence-electron chi connectivity index (χ2n) is 2.08. The molecule has 0 aromatic heterocycles. The predicted molar refractivity (Wildman–Crippen MR) is 51.1 cm³/mol. The van der Waals surface area contributed by atoms with Crippen molar-refractivity contribution in [3.8, 4) is 0 Å². The zero-order valence-corrected chi connectivity index (χ0v) is 8.49. The molecule has 0 aliphatic rings. The summed E-state index contributed by atoms with van der Waals surface area (Å²) < 4.78 is 0. The number of rotatable bonds is 1. The van der Waals surface area contributed by atoms with Gasteiger partial charge >= 0.3 is 0 Å². The van der Waals surface area contributed by atoms with Crippen LogP contribution in [0.25, 0.3) is 0 Å². The third-order valence-corrected chi connectivity index (χ3v) is 0.500. The largest absolute Gasteiger partial charge is 0.0764 e. The molecule has 0 bridgehead atoms.